The van der Waals surface area contributed by atoms with Gasteiger partial charge in [0.25, 0.3) is 0 Å². The van der Waals surface area contributed by atoms with Crippen molar-refractivity contribution >= 4 is 33.0 Å². The number of hydrogen-bond donors (Lipinski definition) is 0. The molecule has 0 saturated carbocycles. The summed E-state index contributed by atoms with van der Waals surface area (Å²) >= 11 is 0. The molecule has 0 aliphatic rings. The second-order valence-electron chi connectivity index (χ2n) is 19.3. The molecule has 0 aliphatic heterocycles. The average Bonchev–Trinajstić information content (AvgIpc) is 3.90. The van der Waals surface area contributed by atoms with Crippen molar-refractivity contribution in [2.45, 2.75) is 52.4 Å². The van der Waals surface area contributed by atoms with Crippen molar-refractivity contribution in [2.75, 3.05) is 0 Å². The van der Waals surface area contributed by atoms with E-state index in [-0.39, 0.29) is 31.9 Å². The van der Waals surface area contributed by atoms with Gasteiger partial charge in [0.2, 0.25) is 0 Å². The predicted octanol–water partition coefficient (Wildman–Crippen LogP) is 16.2. The topological polar surface area (TPSA) is 44.9 Å². The minimum absolute atomic E-state index is 0. The quantitative estimate of drug-likeness (QED) is 0.142. The van der Waals surface area contributed by atoms with Crippen molar-refractivity contribution < 1.29 is 25.8 Å². The maximum Gasteiger partial charge on any atom is 2.00 e. The Morgan fingerprint density at radius 2 is 0.971 bits per heavy atom. The van der Waals surface area contributed by atoms with Gasteiger partial charge in [-0.15, -0.1) is 47.5 Å². The number of nitrogens with zero attached hydrogens (tertiary/aromatic N) is 4. The van der Waals surface area contributed by atoms with Crippen molar-refractivity contribution in [1.82, 2.24) is 19.1 Å². The Kier molecular flexibility index (Phi) is 11.6. The summed E-state index contributed by atoms with van der Waals surface area (Å²) in [5.74, 6) is 1.91. The fraction of sp³-hybridized carbons (Fsp3) is 0.129. The number of rotatable bonds is 8. The van der Waals surface area contributed by atoms with Gasteiger partial charge in [0.15, 0.2) is 0 Å². The molecule has 3 aromatic heterocycles. The normalized spacial score (nSPS) is 11.9. The molecular weight excluding hydrogens is 1010 g/mol. The van der Waals surface area contributed by atoms with Crippen LogP contribution in [0.3, 0.4) is 0 Å². The maximum absolute atomic E-state index is 6.60. The van der Waals surface area contributed by atoms with Crippen LogP contribution in [0.1, 0.15) is 52.7 Å². The minimum atomic E-state index is -0.0223. The molecule has 334 valence electrons. The SMILES string of the molecule is CC(C)(C)c1ccc(-n2c(-c3[c-]c(Oc4[c-]c(-c5ccc6c(n5)c5ccccc5n6-c5ccc(C(C)(C)C)cc5-c5ccccc5)ccc4)ccc3)nc3ccccc32)c(-c2ccccc2)c1.[Pt+2]. The van der Waals surface area contributed by atoms with Crippen LogP contribution in [0.25, 0.3) is 89.2 Å². The first-order valence-corrected chi connectivity index (χ1v) is 23.0. The smallest absolute Gasteiger partial charge is 0.497 e. The summed E-state index contributed by atoms with van der Waals surface area (Å²) in [4.78, 5) is 10.6. The van der Waals surface area contributed by atoms with Crippen LogP contribution in [0.15, 0.2) is 194 Å². The van der Waals surface area contributed by atoms with Gasteiger partial charge >= 0.3 is 21.1 Å². The summed E-state index contributed by atoms with van der Waals surface area (Å²) in [6.07, 6.45) is 0. The largest absolute Gasteiger partial charge is 2.00 e. The van der Waals surface area contributed by atoms with E-state index >= 15 is 0 Å². The molecule has 3 heterocycles. The summed E-state index contributed by atoms with van der Waals surface area (Å²) in [5, 5.41) is 1.09. The van der Waals surface area contributed by atoms with Gasteiger partial charge in [-0.2, -0.15) is 0 Å². The number of pyridine rings is 1. The Morgan fingerprint density at radius 1 is 0.441 bits per heavy atom. The Balaban J connectivity index is 0.00000539. The zero-order valence-corrected chi connectivity index (χ0v) is 41.3. The third-order valence-electron chi connectivity index (χ3n) is 12.7. The van der Waals surface area contributed by atoms with Crippen LogP contribution in [0.2, 0.25) is 0 Å². The second kappa shape index (κ2) is 17.7. The van der Waals surface area contributed by atoms with E-state index in [4.69, 9.17) is 14.7 Å². The van der Waals surface area contributed by atoms with Gasteiger partial charge in [0, 0.05) is 33.7 Å². The molecule has 5 nitrogen and oxygen atoms in total. The van der Waals surface area contributed by atoms with Gasteiger partial charge in [0.1, 0.15) is 0 Å². The third kappa shape index (κ3) is 8.26. The Bertz CT molecular complexity index is 3630. The first-order chi connectivity index (χ1) is 32.5. The molecular formula is C62H50N4OPt. The minimum Gasteiger partial charge on any atom is -0.497 e. The Labute approximate surface area is 413 Å². The number of hydrogen-bond acceptors (Lipinski definition) is 3. The first-order valence-electron chi connectivity index (χ1n) is 23.0. The van der Waals surface area contributed by atoms with Gasteiger partial charge in [-0.3, -0.25) is 9.97 Å². The Morgan fingerprint density at radius 3 is 1.59 bits per heavy atom. The summed E-state index contributed by atoms with van der Waals surface area (Å²) in [5.41, 5.74) is 16.8. The van der Waals surface area contributed by atoms with E-state index in [1.807, 2.05) is 42.5 Å². The van der Waals surface area contributed by atoms with Crippen LogP contribution in [0.4, 0.5) is 0 Å². The van der Waals surface area contributed by atoms with Crippen molar-refractivity contribution in [3.8, 4) is 67.8 Å². The summed E-state index contributed by atoms with van der Waals surface area (Å²) < 4.78 is 11.2. The van der Waals surface area contributed by atoms with Crippen LogP contribution in [-0.4, -0.2) is 19.1 Å². The van der Waals surface area contributed by atoms with Crippen LogP contribution >= 0.6 is 0 Å². The van der Waals surface area contributed by atoms with Crippen LogP contribution in [-0.2, 0) is 31.9 Å². The zero-order valence-electron chi connectivity index (χ0n) is 39.0. The molecule has 0 atom stereocenters. The van der Waals surface area contributed by atoms with Crippen LogP contribution in [0.5, 0.6) is 11.5 Å². The van der Waals surface area contributed by atoms with E-state index < -0.39 is 0 Å². The fourth-order valence-corrected chi connectivity index (χ4v) is 9.20. The molecule has 0 radical (unpaired) electrons. The molecule has 0 amide bonds. The molecule has 6 heteroatoms. The molecule has 0 saturated heterocycles. The summed E-state index contributed by atoms with van der Waals surface area (Å²) in [6.45, 7) is 13.6. The van der Waals surface area contributed by atoms with Gasteiger partial charge in [-0.1, -0.05) is 163 Å². The van der Waals surface area contributed by atoms with E-state index in [2.05, 4.69) is 214 Å². The summed E-state index contributed by atoms with van der Waals surface area (Å²) in [6, 6.07) is 75.2. The van der Waals surface area contributed by atoms with Crippen molar-refractivity contribution in [2.24, 2.45) is 0 Å². The van der Waals surface area contributed by atoms with Crippen molar-refractivity contribution in [3.63, 3.8) is 0 Å². The maximum atomic E-state index is 6.60. The number of aromatic nitrogens is 4. The monoisotopic (exact) mass is 1060 g/mol. The average molecular weight is 1060 g/mol. The van der Waals surface area contributed by atoms with Crippen molar-refractivity contribution in [1.29, 1.82) is 0 Å². The standard InChI is InChI=1S/C62H50N4O.Pt/c1-61(2,3)45-31-34-55(50(39-45)41-19-9-7-10-20-41)65-54-29-15-13-27-49(54)59-58(65)36-33-52(63-59)43-23-17-25-47(37-43)67-48-26-18-24-44(38-48)60-64-53-28-14-16-30-57(53)66(60)56-35-32-46(62(4,5)6)40-51(56)42-21-11-8-12-22-42;/h7-36,39-40H,1-6H3;/q-2;+2. The van der Waals surface area contributed by atoms with Crippen LogP contribution in [0, 0.1) is 12.1 Å². The number of ether oxygens (including phenoxy) is 1. The molecule has 0 spiro atoms. The third-order valence-corrected chi connectivity index (χ3v) is 12.7. The first kappa shape index (κ1) is 44.5. The van der Waals surface area contributed by atoms with Gasteiger partial charge in [0.05, 0.1) is 39.1 Å². The van der Waals surface area contributed by atoms with Crippen molar-refractivity contribution in [3.05, 3.63) is 217 Å². The molecule has 0 bridgehead atoms. The van der Waals surface area contributed by atoms with Gasteiger partial charge in [-0.25, -0.2) is 0 Å². The second-order valence-corrected chi connectivity index (χ2v) is 19.3. The molecule has 0 fully saturated rings. The van der Waals surface area contributed by atoms with E-state index in [0.717, 1.165) is 78.1 Å². The molecule has 0 N–H and O–H groups in total. The molecule has 68 heavy (non-hydrogen) atoms. The molecule has 8 aromatic carbocycles. The van der Waals surface area contributed by atoms with E-state index in [1.54, 1.807) is 0 Å². The van der Waals surface area contributed by atoms with E-state index in [9.17, 15) is 0 Å². The molecule has 0 aliphatic carbocycles. The molecule has 11 aromatic rings. The number of imidazole rings is 1. The summed E-state index contributed by atoms with van der Waals surface area (Å²) in [7, 11) is 0. The number of para-hydroxylation sites is 3. The number of fused-ring (bicyclic) bond motifs is 4. The number of benzene rings is 8. The van der Waals surface area contributed by atoms with E-state index in [0.29, 0.717) is 11.5 Å². The van der Waals surface area contributed by atoms with Gasteiger partial charge in [-0.05, 0) is 87.3 Å². The Hall–Kier alpha value is -7.33. The van der Waals surface area contributed by atoms with E-state index in [1.165, 1.54) is 22.3 Å². The van der Waals surface area contributed by atoms with Crippen LogP contribution < -0.4 is 4.74 Å². The molecule has 0 unspecified atom stereocenters. The fourth-order valence-electron chi connectivity index (χ4n) is 9.20. The predicted molar refractivity (Wildman–Crippen MR) is 277 cm³/mol. The zero-order chi connectivity index (χ0) is 45.9. The van der Waals surface area contributed by atoms with Gasteiger partial charge < -0.3 is 13.9 Å². The molecule has 11 rings (SSSR count).